The van der Waals surface area contributed by atoms with E-state index in [0.29, 0.717) is 0 Å². The predicted molar refractivity (Wildman–Crippen MR) is 94.8 cm³/mol. The predicted octanol–water partition coefficient (Wildman–Crippen LogP) is 2.75. The van der Waals surface area contributed by atoms with E-state index in [1.165, 1.54) is 0 Å². The van der Waals surface area contributed by atoms with Crippen molar-refractivity contribution < 1.29 is 5.11 Å². The van der Waals surface area contributed by atoms with Gasteiger partial charge in [-0.2, -0.15) is 5.10 Å². The number of hydrogen-bond donors (Lipinski definition) is 1. The van der Waals surface area contributed by atoms with Gasteiger partial charge in [0.2, 0.25) is 0 Å². The Balaban J connectivity index is 1.94. The van der Waals surface area contributed by atoms with Gasteiger partial charge in [0.05, 0.1) is 11.4 Å². The maximum Gasteiger partial charge on any atom is 0.0973 e. The number of benzene rings is 1. The van der Waals surface area contributed by atoms with Crippen LogP contribution < -0.4 is 0 Å². The van der Waals surface area contributed by atoms with Gasteiger partial charge in [-0.15, -0.1) is 0 Å². The van der Waals surface area contributed by atoms with E-state index in [2.05, 4.69) is 23.1 Å². The Morgan fingerprint density at radius 3 is 2.54 bits per heavy atom. The SMILES string of the molecule is CN(CCCO)Cc1cn(-c2ccccc2)nc1-c1ccncc1. The maximum absolute atomic E-state index is 9.02. The van der Waals surface area contributed by atoms with E-state index in [1.807, 2.05) is 47.1 Å². The Morgan fingerprint density at radius 1 is 1.08 bits per heavy atom. The fourth-order valence-electron chi connectivity index (χ4n) is 2.70. The van der Waals surface area contributed by atoms with Gasteiger partial charge < -0.3 is 10.0 Å². The molecular formula is C19H22N4O. The second kappa shape index (κ2) is 7.86. The highest BCUT2D eigenvalue weighted by Gasteiger charge is 2.13. The highest BCUT2D eigenvalue weighted by Crippen LogP contribution is 2.24. The molecule has 24 heavy (non-hydrogen) atoms. The van der Waals surface area contributed by atoms with Crippen LogP contribution in [0.3, 0.4) is 0 Å². The first-order valence-electron chi connectivity index (χ1n) is 8.11. The lowest BCUT2D eigenvalue weighted by atomic mass is 10.1. The molecule has 0 saturated heterocycles. The molecule has 0 amide bonds. The minimum Gasteiger partial charge on any atom is -0.396 e. The van der Waals surface area contributed by atoms with E-state index in [0.717, 1.165) is 42.0 Å². The molecule has 3 rings (SSSR count). The van der Waals surface area contributed by atoms with Gasteiger partial charge in [-0.1, -0.05) is 18.2 Å². The lowest BCUT2D eigenvalue weighted by Gasteiger charge is -2.15. The number of pyridine rings is 1. The lowest BCUT2D eigenvalue weighted by molar-refractivity contribution is 0.244. The molecule has 0 aliphatic rings. The molecule has 0 aliphatic carbocycles. The number of hydrogen-bond acceptors (Lipinski definition) is 4. The molecule has 5 nitrogen and oxygen atoms in total. The monoisotopic (exact) mass is 322 g/mol. The molecule has 0 saturated carbocycles. The second-order valence-corrected chi connectivity index (χ2v) is 5.83. The van der Waals surface area contributed by atoms with E-state index in [4.69, 9.17) is 10.2 Å². The summed E-state index contributed by atoms with van der Waals surface area (Å²) in [5, 5.41) is 13.8. The van der Waals surface area contributed by atoms with Crippen LogP contribution in [0.1, 0.15) is 12.0 Å². The van der Waals surface area contributed by atoms with Gasteiger partial charge in [-0.25, -0.2) is 4.68 Å². The van der Waals surface area contributed by atoms with Crippen molar-refractivity contribution in [2.75, 3.05) is 20.2 Å². The summed E-state index contributed by atoms with van der Waals surface area (Å²) in [4.78, 5) is 6.30. The molecule has 1 N–H and O–H groups in total. The van der Waals surface area contributed by atoms with E-state index in [9.17, 15) is 0 Å². The highest BCUT2D eigenvalue weighted by molar-refractivity contribution is 5.62. The topological polar surface area (TPSA) is 54.2 Å². The van der Waals surface area contributed by atoms with Crippen LogP contribution in [0.25, 0.3) is 16.9 Å². The van der Waals surface area contributed by atoms with Crippen LogP contribution in [-0.4, -0.2) is 45.0 Å². The van der Waals surface area contributed by atoms with E-state index < -0.39 is 0 Å². The number of aliphatic hydroxyl groups excluding tert-OH is 1. The average Bonchev–Trinajstić information content (AvgIpc) is 3.05. The smallest absolute Gasteiger partial charge is 0.0973 e. The molecule has 0 bridgehead atoms. The molecule has 0 aliphatic heterocycles. The first kappa shape index (κ1) is 16.4. The summed E-state index contributed by atoms with van der Waals surface area (Å²) < 4.78 is 1.92. The molecule has 0 unspecified atom stereocenters. The summed E-state index contributed by atoms with van der Waals surface area (Å²) >= 11 is 0. The van der Waals surface area contributed by atoms with Crippen molar-refractivity contribution in [2.24, 2.45) is 0 Å². The zero-order valence-corrected chi connectivity index (χ0v) is 13.8. The van der Waals surface area contributed by atoms with Crippen molar-refractivity contribution in [3.8, 4) is 16.9 Å². The van der Waals surface area contributed by atoms with Crippen molar-refractivity contribution in [3.05, 3.63) is 66.6 Å². The van der Waals surface area contributed by atoms with Gasteiger partial charge in [0, 0.05) is 49.4 Å². The molecule has 2 aromatic heterocycles. The molecule has 0 spiro atoms. The summed E-state index contributed by atoms with van der Waals surface area (Å²) in [5.74, 6) is 0. The van der Waals surface area contributed by atoms with Gasteiger partial charge in [0.1, 0.15) is 0 Å². The van der Waals surface area contributed by atoms with E-state index in [1.54, 1.807) is 12.4 Å². The molecule has 5 heteroatoms. The quantitative estimate of drug-likeness (QED) is 0.727. The van der Waals surface area contributed by atoms with Crippen LogP contribution in [0.2, 0.25) is 0 Å². The van der Waals surface area contributed by atoms with Crippen LogP contribution in [0, 0.1) is 0 Å². The third-order valence-electron chi connectivity index (χ3n) is 3.90. The number of nitrogens with zero attached hydrogens (tertiary/aromatic N) is 4. The van der Waals surface area contributed by atoms with Gasteiger partial charge in [0.25, 0.3) is 0 Å². The molecule has 124 valence electrons. The largest absolute Gasteiger partial charge is 0.396 e. The molecule has 0 radical (unpaired) electrons. The summed E-state index contributed by atoms with van der Waals surface area (Å²) in [5.41, 5.74) is 4.23. The Bertz CT molecular complexity index is 756. The molecular weight excluding hydrogens is 300 g/mol. The average molecular weight is 322 g/mol. The maximum atomic E-state index is 9.02. The van der Waals surface area contributed by atoms with Crippen molar-refractivity contribution >= 4 is 0 Å². The Kier molecular flexibility index (Phi) is 5.36. The molecule has 1 aromatic carbocycles. The number of aromatic nitrogens is 3. The van der Waals surface area contributed by atoms with Crippen LogP contribution in [0.4, 0.5) is 0 Å². The Hall–Kier alpha value is -2.50. The van der Waals surface area contributed by atoms with Crippen molar-refractivity contribution in [2.45, 2.75) is 13.0 Å². The minimum atomic E-state index is 0.213. The van der Waals surface area contributed by atoms with E-state index in [-0.39, 0.29) is 6.61 Å². The van der Waals surface area contributed by atoms with Gasteiger partial charge in [-0.05, 0) is 37.7 Å². The van der Waals surface area contributed by atoms with Crippen LogP contribution >= 0.6 is 0 Å². The first-order valence-corrected chi connectivity index (χ1v) is 8.11. The van der Waals surface area contributed by atoms with Crippen LogP contribution in [-0.2, 0) is 6.54 Å². The first-order chi connectivity index (χ1) is 11.8. The summed E-state index contributed by atoms with van der Waals surface area (Å²) in [6.45, 7) is 1.85. The normalized spacial score (nSPS) is 11.1. The second-order valence-electron chi connectivity index (χ2n) is 5.83. The fourth-order valence-corrected chi connectivity index (χ4v) is 2.70. The van der Waals surface area contributed by atoms with Crippen molar-refractivity contribution in [3.63, 3.8) is 0 Å². The standard InChI is InChI=1S/C19H22N4O/c1-22(12-5-13-24)14-17-15-23(18-6-3-2-4-7-18)21-19(17)16-8-10-20-11-9-16/h2-4,6-11,15,24H,5,12-14H2,1H3. The van der Waals surface area contributed by atoms with Crippen molar-refractivity contribution in [1.29, 1.82) is 0 Å². The Labute approximate surface area is 142 Å². The van der Waals surface area contributed by atoms with E-state index >= 15 is 0 Å². The lowest BCUT2D eigenvalue weighted by Crippen LogP contribution is -2.20. The zero-order valence-electron chi connectivity index (χ0n) is 13.8. The third-order valence-corrected chi connectivity index (χ3v) is 3.90. The third kappa shape index (κ3) is 3.88. The number of rotatable bonds is 7. The van der Waals surface area contributed by atoms with Crippen LogP contribution in [0.5, 0.6) is 0 Å². The van der Waals surface area contributed by atoms with Gasteiger partial charge in [-0.3, -0.25) is 4.98 Å². The van der Waals surface area contributed by atoms with Crippen LogP contribution in [0.15, 0.2) is 61.1 Å². The Morgan fingerprint density at radius 2 is 1.83 bits per heavy atom. The summed E-state index contributed by atoms with van der Waals surface area (Å²) in [6, 6.07) is 14.1. The highest BCUT2D eigenvalue weighted by atomic mass is 16.3. The van der Waals surface area contributed by atoms with Gasteiger partial charge >= 0.3 is 0 Å². The molecule has 3 aromatic rings. The minimum absolute atomic E-state index is 0.213. The molecule has 0 fully saturated rings. The zero-order chi connectivity index (χ0) is 16.8. The molecule has 0 atom stereocenters. The molecule has 2 heterocycles. The number of para-hydroxylation sites is 1. The fraction of sp³-hybridized carbons (Fsp3) is 0.263. The summed E-state index contributed by atoms with van der Waals surface area (Å²) in [6.07, 6.45) is 6.43. The summed E-state index contributed by atoms with van der Waals surface area (Å²) in [7, 11) is 2.06. The van der Waals surface area contributed by atoms with Crippen molar-refractivity contribution in [1.82, 2.24) is 19.7 Å². The van der Waals surface area contributed by atoms with Gasteiger partial charge in [0.15, 0.2) is 0 Å². The number of aliphatic hydroxyl groups is 1.